The van der Waals surface area contributed by atoms with Crippen LogP contribution in [-0.4, -0.2) is 24.9 Å². The highest BCUT2D eigenvalue weighted by atomic mass is 32.2. The van der Waals surface area contributed by atoms with Crippen LogP contribution in [0.2, 0.25) is 0 Å². The number of carbonyl (C=O) groups is 3. The fourth-order valence-corrected chi connectivity index (χ4v) is 4.81. The highest BCUT2D eigenvalue weighted by Gasteiger charge is 2.40. The van der Waals surface area contributed by atoms with Crippen LogP contribution < -0.4 is 10.2 Å². The van der Waals surface area contributed by atoms with Gasteiger partial charge in [-0.05, 0) is 61.7 Å². The number of benzene rings is 3. The zero-order chi connectivity index (χ0) is 25.7. The van der Waals surface area contributed by atoms with Gasteiger partial charge in [0.2, 0.25) is 0 Å². The van der Waals surface area contributed by atoms with Crippen LogP contribution in [-0.2, 0) is 20.7 Å². The smallest absolute Gasteiger partial charge is 0.339 e. The number of thioether (sulfide) groups is 1. The second-order valence-electron chi connectivity index (χ2n) is 8.50. The standard InChI is InChI=1S/C29H28N2O4S/c1-4-5-8-20-13-15-21(16-14-20)31-27(32)25(30-24-10-7-6-9-23(24)29(34)35-3)26(28(31)33)36-22-17-11-19(2)12-18-22/h6-7,9-18,30H,4-5,8H2,1-3H3. The van der Waals surface area contributed by atoms with Crippen LogP contribution in [0.25, 0.3) is 0 Å². The summed E-state index contributed by atoms with van der Waals surface area (Å²) in [4.78, 5) is 41.8. The molecular formula is C29H28N2O4S. The summed E-state index contributed by atoms with van der Waals surface area (Å²) in [5, 5.41) is 3.07. The van der Waals surface area contributed by atoms with Crippen molar-refractivity contribution >= 4 is 40.9 Å². The molecule has 4 rings (SSSR count). The monoisotopic (exact) mass is 500 g/mol. The zero-order valence-corrected chi connectivity index (χ0v) is 21.4. The van der Waals surface area contributed by atoms with Crippen LogP contribution in [0.15, 0.2) is 88.3 Å². The molecular weight excluding hydrogens is 472 g/mol. The van der Waals surface area contributed by atoms with E-state index in [0.29, 0.717) is 11.4 Å². The number of nitrogens with zero attached hydrogens (tertiary/aromatic N) is 1. The second kappa shape index (κ2) is 11.3. The van der Waals surface area contributed by atoms with Gasteiger partial charge < -0.3 is 10.1 Å². The van der Waals surface area contributed by atoms with Crippen molar-refractivity contribution < 1.29 is 19.1 Å². The molecule has 1 heterocycles. The lowest BCUT2D eigenvalue weighted by Gasteiger charge is -2.16. The third kappa shape index (κ3) is 5.36. The molecule has 0 spiro atoms. The van der Waals surface area contributed by atoms with Crippen LogP contribution >= 0.6 is 11.8 Å². The number of unbranched alkanes of at least 4 members (excludes halogenated alkanes) is 1. The van der Waals surface area contributed by atoms with Crippen molar-refractivity contribution in [1.82, 2.24) is 0 Å². The molecule has 0 fully saturated rings. The number of rotatable bonds is 9. The summed E-state index contributed by atoms with van der Waals surface area (Å²) in [5.41, 5.74) is 3.54. The molecule has 36 heavy (non-hydrogen) atoms. The predicted molar refractivity (Wildman–Crippen MR) is 143 cm³/mol. The second-order valence-corrected chi connectivity index (χ2v) is 9.58. The van der Waals surface area contributed by atoms with Gasteiger partial charge in [-0.15, -0.1) is 0 Å². The first-order valence-electron chi connectivity index (χ1n) is 11.8. The van der Waals surface area contributed by atoms with Crippen molar-refractivity contribution in [2.45, 2.75) is 38.0 Å². The summed E-state index contributed by atoms with van der Waals surface area (Å²) in [6.45, 7) is 4.13. The van der Waals surface area contributed by atoms with Gasteiger partial charge in [-0.3, -0.25) is 9.59 Å². The molecule has 0 aromatic heterocycles. The number of carbonyl (C=O) groups excluding carboxylic acids is 3. The van der Waals surface area contributed by atoms with E-state index in [9.17, 15) is 14.4 Å². The Bertz CT molecular complexity index is 1310. The molecule has 0 bridgehead atoms. The molecule has 0 atom stereocenters. The van der Waals surface area contributed by atoms with Crippen molar-refractivity contribution in [2.75, 3.05) is 17.3 Å². The van der Waals surface area contributed by atoms with Gasteiger partial charge in [-0.2, -0.15) is 0 Å². The number of para-hydroxylation sites is 1. The Labute approximate surface area is 215 Å². The summed E-state index contributed by atoms with van der Waals surface area (Å²) in [6.07, 6.45) is 3.12. The third-order valence-corrected chi connectivity index (χ3v) is 6.98. The number of imide groups is 1. The lowest BCUT2D eigenvalue weighted by Crippen LogP contribution is -2.32. The van der Waals surface area contributed by atoms with Crippen molar-refractivity contribution in [1.29, 1.82) is 0 Å². The van der Waals surface area contributed by atoms with Gasteiger partial charge in [-0.25, -0.2) is 9.69 Å². The number of esters is 1. The number of nitrogens with one attached hydrogen (secondary N) is 1. The van der Waals surface area contributed by atoms with Crippen molar-refractivity contribution in [3.05, 3.63) is 100 Å². The van der Waals surface area contributed by atoms with E-state index in [-0.39, 0.29) is 16.2 Å². The van der Waals surface area contributed by atoms with Crippen LogP contribution in [0.5, 0.6) is 0 Å². The van der Waals surface area contributed by atoms with Gasteiger partial charge in [0.1, 0.15) is 10.6 Å². The minimum absolute atomic E-state index is 0.122. The van der Waals surface area contributed by atoms with E-state index in [1.165, 1.54) is 23.8 Å². The average Bonchev–Trinajstić information content (AvgIpc) is 3.12. The first-order chi connectivity index (χ1) is 17.4. The Hall–Kier alpha value is -3.84. The zero-order valence-electron chi connectivity index (χ0n) is 20.5. The Balaban J connectivity index is 1.72. The highest BCUT2D eigenvalue weighted by Crippen LogP contribution is 2.38. The average molecular weight is 501 g/mol. The highest BCUT2D eigenvalue weighted by molar-refractivity contribution is 8.04. The van der Waals surface area contributed by atoms with E-state index >= 15 is 0 Å². The summed E-state index contributed by atoms with van der Waals surface area (Å²) in [5.74, 6) is -1.43. The SMILES string of the molecule is CCCCc1ccc(N2C(=O)C(Nc3ccccc3C(=O)OC)=C(Sc3ccc(C)cc3)C2=O)cc1. The van der Waals surface area contributed by atoms with E-state index < -0.39 is 17.8 Å². The maximum absolute atomic E-state index is 13.6. The van der Waals surface area contributed by atoms with Crippen molar-refractivity contribution in [2.24, 2.45) is 0 Å². The maximum atomic E-state index is 13.6. The third-order valence-electron chi connectivity index (χ3n) is 5.89. The van der Waals surface area contributed by atoms with Crippen molar-refractivity contribution in [3.63, 3.8) is 0 Å². The van der Waals surface area contributed by atoms with Gasteiger partial charge in [0.15, 0.2) is 0 Å². The van der Waals surface area contributed by atoms with Gasteiger partial charge >= 0.3 is 5.97 Å². The molecule has 0 saturated carbocycles. The number of anilines is 2. The molecule has 0 saturated heterocycles. The van der Waals surface area contributed by atoms with E-state index in [1.54, 1.807) is 36.4 Å². The number of hydrogen-bond donors (Lipinski definition) is 1. The van der Waals surface area contributed by atoms with Crippen LogP contribution in [0.1, 0.15) is 41.3 Å². The van der Waals surface area contributed by atoms with Crippen molar-refractivity contribution in [3.8, 4) is 0 Å². The molecule has 3 aromatic carbocycles. The molecule has 184 valence electrons. The minimum Gasteiger partial charge on any atom is -0.465 e. The van der Waals surface area contributed by atoms with Gasteiger partial charge in [0, 0.05) is 4.90 Å². The summed E-state index contributed by atoms with van der Waals surface area (Å²) in [7, 11) is 1.30. The lowest BCUT2D eigenvalue weighted by atomic mass is 10.1. The van der Waals surface area contributed by atoms with Crippen LogP contribution in [0, 0.1) is 6.92 Å². The van der Waals surface area contributed by atoms with E-state index in [1.807, 2.05) is 43.3 Å². The Morgan fingerprint density at radius 1 is 0.944 bits per heavy atom. The molecule has 1 N–H and O–H groups in total. The van der Waals surface area contributed by atoms with Crippen LogP contribution in [0.4, 0.5) is 11.4 Å². The quantitative estimate of drug-likeness (QED) is 0.282. The summed E-state index contributed by atoms with van der Waals surface area (Å²) in [6, 6.07) is 22.0. The lowest BCUT2D eigenvalue weighted by molar-refractivity contribution is -0.120. The largest absolute Gasteiger partial charge is 0.465 e. The molecule has 3 aromatic rings. The Morgan fingerprint density at radius 3 is 2.31 bits per heavy atom. The fraction of sp³-hybridized carbons (Fsp3) is 0.207. The van der Waals surface area contributed by atoms with E-state index in [0.717, 1.165) is 35.3 Å². The summed E-state index contributed by atoms with van der Waals surface area (Å²) < 4.78 is 4.89. The number of amides is 2. The number of methoxy groups -OCH3 is 1. The minimum atomic E-state index is -0.539. The molecule has 6 nitrogen and oxygen atoms in total. The first kappa shape index (κ1) is 25.3. The Morgan fingerprint density at radius 2 is 1.64 bits per heavy atom. The van der Waals surface area contributed by atoms with Gasteiger partial charge in [0.05, 0.1) is 24.0 Å². The molecule has 7 heteroatoms. The predicted octanol–water partition coefficient (Wildman–Crippen LogP) is 6.11. The van der Waals surface area contributed by atoms with E-state index in [4.69, 9.17) is 4.74 Å². The topological polar surface area (TPSA) is 75.7 Å². The number of ether oxygens (including phenoxy) is 1. The molecule has 1 aliphatic heterocycles. The van der Waals surface area contributed by atoms with Crippen LogP contribution in [0.3, 0.4) is 0 Å². The van der Waals surface area contributed by atoms with Gasteiger partial charge in [0.25, 0.3) is 11.8 Å². The Kier molecular flexibility index (Phi) is 7.90. The molecule has 0 radical (unpaired) electrons. The molecule has 0 unspecified atom stereocenters. The van der Waals surface area contributed by atoms with Gasteiger partial charge in [-0.1, -0.05) is 67.1 Å². The number of hydrogen-bond acceptors (Lipinski definition) is 6. The molecule has 1 aliphatic rings. The van der Waals surface area contributed by atoms with E-state index in [2.05, 4.69) is 12.2 Å². The normalized spacial score (nSPS) is 13.4. The molecule has 2 amide bonds. The maximum Gasteiger partial charge on any atom is 0.339 e. The first-order valence-corrected chi connectivity index (χ1v) is 12.7. The summed E-state index contributed by atoms with van der Waals surface area (Å²) >= 11 is 1.22. The molecule has 0 aliphatic carbocycles. The number of aryl methyl sites for hydroxylation is 2. The fourth-order valence-electron chi connectivity index (χ4n) is 3.88.